The van der Waals surface area contributed by atoms with Crippen molar-refractivity contribution in [3.05, 3.63) is 65.9 Å². The molecule has 3 N–H and O–H groups in total. The minimum atomic E-state index is -0.117. The second kappa shape index (κ2) is 7.70. The van der Waals surface area contributed by atoms with Gasteiger partial charge in [-0.15, -0.1) is 0 Å². The second-order valence-electron chi connectivity index (χ2n) is 10.8. The highest BCUT2D eigenvalue weighted by Gasteiger charge is 2.38. The van der Waals surface area contributed by atoms with E-state index in [1.165, 1.54) is 5.56 Å². The highest BCUT2D eigenvalue weighted by Crippen LogP contribution is 2.33. The zero-order valence-electron chi connectivity index (χ0n) is 20.0. The molecule has 5 rings (SSSR count). The van der Waals surface area contributed by atoms with Gasteiger partial charge in [-0.3, -0.25) is 4.79 Å². The van der Waals surface area contributed by atoms with E-state index in [1.54, 1.807) is 0 Å². The van der Waals surface area contributed by atoms with Crippen LogP contribution in [0.3, 0.4) is 0 Å². The first-order valence-corrected chi connectivity index (χ1v) is 11.7. The number of nitrogens with one attached hydrogen (secondary N) is 3. The minimum absolute atomic E-state index is 0.0407. The number of nitrogens with zero attached hydrogens (tertiary/aromatic N) is 1. The molecule has 0 bridgehead atoms. The molecule has 0 radical (unpaired) electrons. The molecule has 0 aliphatic carbocycles. The molecule has 1 aliphatic heterocycles. The smallest absolute Gasteiger partial charge is 0.270 e. The standard InChI is InChI=1S/C28H32N4O/c1-17-10-12-18(13-11-17)24-25-21(20-8-6-7-9-22(20)30-25)14-23(31-24)26(33)29-19-15-27(2,3)32-28(4,5)16-19/h6-14,19,30,32H,15-16H2,1-5H3,(H,29,33). The third-order valence-corrected chi connectivity index (χ3v) is 6.58. The van der Waals surface area contributed by atoms with Crippen molar-refractivity contribution in [2.45, 2.75) is 64.6 Å². The first-order chi connectivity index (χ1) is 15.6. The third kappa shape index (κ3) is 4.25. The first kappa shape index (κ1) is 21.7. The van der Waals surface area contributed by atoms with Crippen molar-refractivity contribution in [1.29, 1.82) is 0 Å². The molecule has 2 aromatic heterocycles. The summed E-state index contributed by atoms with van der Waals surface area (Å²) in [6.07, 6.45) is 1.75. The highest BCUT2D eigenvalue weighted by atomic mass is 16.1. The van der Waals surface area contributed by atoms with Crippen molar-refractivity contribution >= 4 is 27.7 Å². The summed E-state index contributed by atoms with van der Waals surface area (Å²) < 4.78 is 0. The summed E-state index contributed by atoms with van der Waals surface area (Å²) in [5.41, 5.74) is 5.37. The number of aryl methyl sites for hydroxylation is 1. The van der Waals surface area contributed by atoms with Crippen LogP contribution in [0, 0.1) is 6.92 Å². The van der Waals surface area contributed by atoms with Gasteiger partial charge in [-0.25, -0.2) is 4.98 Å². The van der Waals surface area contributed by atoms with Crippen LogP contribution in [0.5, 0.6) is 0 Å². The third-order valence-electron chi connectivity index (χ3n) is 6.58. The molecule has 170 valence electrons. The zero-order chi connectivity index (χ0) is 23.4. The van der Waals surface area contributed by atoms with Crippen LogP contribution in [-0.2, 0) is 0 Å². The Morgan fingerprint density at radius 2 is 1.64 bits per heavy atom. The van der Waals surface area contributed by atoms with Crippen molar-refractivity contribution in [3.8, 4) is 11.3 Å². The van der Waals surface area contributed by atoms with Crippen LogP contribution >= 0.6 is 0 Å². The summed E-state index contributed by atoms with van der Waals surface area (Å²) in [6, 6.07) is 18.5. The SMILES string of the molecule is Cc1ccc(-c2nc(C(=O)NC3CC(C)(C)NC(C)(C)C3)cc3c2[nH]c2ccccc23)cc1. The van der Waals surface area contributed by atoms with Crippen molar-refractivity contribution in [1.82, 2.24) is 20.6 Å². The van der Waals surface area contributed by atoms with Crippen molar-refractivity contribution in [2.75, 3.05) is 0 Å². The summed E-state index contributed by atoms with van der Waals surface area (Å²) in [5, 5.41) is 9.09. The Balaban J connectivity index is 1.59. The maximum Gasteiger partial charge on any atom is 0.270 e. The number of piperidine rings is 1. The van der Waals surface area contributed by atoms with Gasteiger partial charge in [-0.05, 0) is 59.6 Å². The molecule has 33 heavy (non-hydrogen) atoms. The van der Waals surface area contributed by atoms with E-state index >= 15 is 0 Å². The first-order valence-electron chi connectivity index (χ1n) is 11.7. The number of aromatic nitrogens is 2. The number of carbonyl (C=O) groups excluding carboxylic acids is 1. The Morgan fingerprint density at radius 1 is 0.970 bits per heavy atom. The number of H-pyrrole nitrogens is 1. The molecule has 0 unspecified atom stereocenters. The van der Waals surface area contributed by atoms with Crippen LogP contribution in [0.15, 0.2) is 54.6 Å². The lowest BCUT2D eigenvalue weighted by Gasteiger charge is -2.46. The molecule has 1 amide bonds. The largest absolute Gasteiger partial charge is 0.353 e. The number of fused-ring (bicyclic) bond motifs is 3. The predicted molar refractivity (Wildman–Crippen MR) is 136 cm³/mol. The van der Waals surface area contributed by atoms with Gasteiger partial charge in [-0.1, -0.05) is 48.0 Å². The van der Waals surface area contributed by atoms with Crippen LogP contribution < -0.4 is 10.6 Å². The topological polar surface area (TPSA) is 69.8 Å². The van der Waals surface area contributed by atoms with E-state index in [0.29, 0.717) is 5.69 Å². The van der Waals surface area contributed by atoms with Crippen LogP contribution in [0.25, 0.3) is 33.1 Å². The number of para-hydroxylation sites is 1. The Bertz CT molecular complexity index is 1330. The maximum absolute atomic E-state index is 13.5. The van der Waals surface area contributed by atoms with Crippen molar-refractivity contribution in [3.63, 3.8) is 0 Å². The van der Waals surface area contributed by atoms with E-state index in [-0.39, 0.29) is 23.0 Å². The Hall–Kier alpha value is -3.18. The van der Waals surface area contributed by atoms with Gasteiger partial charge < -0.3 is 15.6 Å². The summed E-state index contributed by atoms with van der Waals surface area (Å²) in [4.78, 5) is 21.9. The summed E-state index contributed by atoms with van der Waals surface area (Å²) in [5.74, 6) is -0.117. The number of hydrogen-bond acceptors (Lipinski definition) is 3. The summed E-state index contributed by atoms with van der Waals surface area (Å²) >= 11 is 0. The van der Waals surface area contributed by atoms with E-state index in [4.69, 9.17) is 4.98 Å². The van der Waals surface area contributed by atoms with E-state index in [0.717, 1.165) is 45.9 Å². The lowest BCUT2D eigenvalue weighted by Crippen LogP contribution is -2.62. The maximum atomic E-state index is 13.5. The van der Waals surface area contributed by atoms with Gasteiger partial charge in [0.05, 0.1) is 11.2 Å². The lowest BCUT2D eigenvalue weighted by molar-refractivity contribution is 0.0868. The summed E-state index contributed by atoms with van der Waals surface area (Å²) in [7, 11) is 0. The highest BCUT2D eigenvalue weighted by molar-refractivity contribution is 6.13. The van der Waals surface area contributed by atoms with Crippen molar-refractivity contribution in [2.24, 2.45) is 0 Å². The Labute approximate surface area is 195 Å². The van der Waals surface area contributed by atoms with E-state index in [9.17, 15) is 4.79 Å². The van der Waals surface area contributed by atoms with E-state index in [2.05, 4.69) is 86.6 Å². The Kier molecular flexibility index (Phi) is 5.05. The van der Waals surface area contributed by atoms with Crippen LogP contribution in [0.2, 0.25) is 0 Å². The van der Waals surface area contributed by atoms with Crippen molar-refractivity contribution < 1.29 is 4.79 Å². The Morgan fingerprint density at radius 3 is 2.33 bits per heavy atom. The monoisotopic (exact) mass is 440 g/mol. The van der Waals surface area contributed by atoms with Crippen LogP contribution in [-0.4, -0.2) is 33.0 Å². The van der Waals surface area contributed by atoms with Crippen LogP contribution in [0.4, 0.5) is 0 Å². The molecule has 4 aromatic rings. The molecule has 3 heterocycles. The number of amides is 1. The molecular formula is C28H32N4O. The average molecular weight is 441 g/mol. The number of rotatable bonds is 3. The van der Waals surface area contributed by atoms with Gasteiger partial charge in [0, 0.05) is 39.0 Å². The van der Waals surface area contributed by atoms with E-state index < -0.39 is 0 Å². The molecule has 5 heteroatoms. The van der Waals surface area contributed by atoms with Gasteiger partial charge in [0.15, 0.2) is 0 Å². The fourth-order valence-corrected chi connectivity index (χ4v) is 5.57. The number of carbonyl (C=O) groups is 1. The molecule has 0 spiro atoms. The number of pyridine rings is 1. The van der Waals surface area contributed by atoms with Crippen LogP contribution in [0.1, 0.15) is 56.6 Å². The predicted octanol–water partition coefficient (Wildman–Crippen LogP) is 5.73. The second-order valence-corrected chi connectivity index (χ2v) is 10.8. The molecule has 2 aromatic carbocycles. The number of aromatic amines is 1. The minimum Gasteiger partial charge on any atom is -0.353 e. The fourth-order valence-electron chi connectivity index (χ4n) is 5.57. The van der Waals surface area contributed by atoms with E-state index in [1.807, 2.05) is 18.2 Å². The molecule has 1 saturated heterocycles. The van der Waals surface area contributed by atoms with Gasteiger partial charge in [0.25, 0.3) is 5.91 Å². The zero-order valence-corrected chi connectivity index (χ0v) is 20.0. The van der Waals surface area contributed by atoms with Gasteiger partial charge in [-0.2, -0.15) is 0 Å². The van der Waals surface area contributed by atoms with Gasteiger partial charge in [0.1, 0.15) is 5.69 Å². The number of benzene rings is 2. The molecule has 1 fully saturated rings. The van der Waals surface area contributed by atoms with Gasteiger partial charge >= 0.3 is 0 Å². The molecule has 5 nitrogen and oxygen atoms in total. The van der Waals surface area contributed by atoms with Gasteiger partial charge in [0.2, 0.25) is 0 Å². The fraction of sp³-hybridized carbons (Fsp3) is 0.357. The lowest BCUT2D eigenvalue weighted by atomic mass is 9.79. The molecule has 1 aliphatic rings. The average Bonchev–Trinajstić information content (AvgIpc) is 3.10. The summed E-state index contributed by atoms with van der Waals surface area (Å²) in [6.45, 7) is 10.8. The molecule has 0 saturated carbocycles. The molecule has 0 atom stereocenters. The molecular weight excluding hydrogens is 408 g/mol. The normalized spacial score (nSPS) is 18.0. The number of hydrogen-bond donors (Lipinski definition) is 3. The quantitative estimate of drug-likeness (QED) is 0.381.